The second-order valence-corrected chi connectivity index (χ2v) is 6.01. The van der Waals surface area contributed by atoms with Crippen molar-refractivity contribution in [2.75, 3.05) is 11.3 Å². The van der Waals surface area contributed by atoms with E-state index in [1.54, 1.807) is 23.5 Å². The van der Waals surface area contributed by atoms with Gasteiger partial charge in [0, 0.05) is 10.8 Å². The molecule has 0 unspecified atom stereocenters. The Morgan fingerprint density at radius 2 is 2.25 bits per heavy atom. The maximum Gasteiger partial charge on any atom is 0.115 e. The zero-order valence-electron chi connectivity index (χ0n) is 9.32. The van der Waals surface area contributed by atoms with Gasteiger partial charge < -0.3 is 0 Å². The lowest BCUT2D eigenvalue weighted by Gasteiger charge is -2.16. The number of nitriles is 1. The first-order valence-corrected chi connectivity index (χ1v) is 7.77. The van der Waals surface area contributed by atoms with Gasteiger partial charge in [0.25, 0.3) is 0 Å². The number of hydrogen-bond acceptors (Lipinski definition) is 4. The molecule has 1 aliphatic rings. The number of aryl methyl sites for hydroxylation is 2. The number of nitrogens with zero attached hydrogens (tertiary/aromatic N) is 2. The quantitative estimate of drug-likeness (QED) is 0.609. The molecule has 0 spiro atoms. The molecule has 1 aromatic rings. The summed E-state index contributed by atoms with van der Waals surface area (Å²) in [4.78, 5) is 4.65. The van der Waals surface area contributed by atoms with Crippen LogP contribution in [0.2, 0.25) is 0 Å². The van der Waals surface area contributed by atoms with Crippen LogP contribution in [0.25, 0.3) is 0 Å². The Kier molecular flexibility index (Phi) is 4.14. The summed E-state index contributed by atoms with van der Waals surface area (Å²) in [7, 11) is 0. The van der Waals surface area contributed by atoms with Crippen molar-refractivity contribution in [1.82, 2.24) is 4.98 Å². The normalized spacial score (nSPS) is 14.2. The highest BCUT2D eigenvalue weighted by Crippen LogP contribution is 2.28. The fraction of sp³-hybridized carbons (Fsp3) is 0.500. The monoisotopic (exact) mass is 250 g/mol. The second-order valence-electron chi connectivity index (χ2n) is 3.82. The van der Waals surface area contributed by atoms with Gasteiger partial charge in [-0.1, -0.05) is 11.8 Å². The molecule has 0 saturated carbocycles. The minimum atomic E-state index is 0.750. The molecular weight excluding hydrogens is 236 g/mol. The molecule has 0 saturated heterocycles. The van der Waals surface area contributed by atoms with E-state index in [9.17, 15) is 0 Å². The van der Waals surface area contributed by atoms with Gasteiger partial charge >= 0.3 is 0 Å². The predicted octanol–water partition coefficient (Wildman–Crippen LogP) is 3.24. The minimum absolute atomic E-state index is 0.750. The smallest absolute Gasteiger partial charge is 0.115 e. The molecule has 2 nitrogen and oxygen atoms in total. The number of thioether (sulfide) groups is 2. The average Bonchev–Trinajstić information content (AvgIpc) is 2.35. The van der Waals surface area contributed by atoms with Crippen molar-refractivity contribution < 1.29 is 0 Å². The van der Waals surface area contributed by atoms with Gasteiger partial charge in [-0.2, -0.15) is 17.0 Å². The molecular formula is C12H14N2S2. The lowest BCUT2D eigenvalue weighted by molar-refractivity contribution is 0.660. The second kappa shape index (κ2) is 5.60. The van der Waals surface area contributed by atoms with Gasteiger partial charge in [0.05, 0.1) is 5.56 Å². The average molecular weight is 250 g/mol. The van der Waals surface area contributed by atoms with Crippen LogP contribution in [0.15, 0.2) is 11.1 Å². The maximum absolute atomic E-state index is 9.11. The van der Waals surface area contributed by atoms with Crippen LogP contribution in [0, 0.1) is 11.3 Å². The fourth-order valence-corrected chi connectivity index (χ4v) is 3.27. The van der Waals surface area contributed by atoms with E-state index in [2.05, 4.69) is 17.3 Å². The first kappa shape index (κ1) is 11.8. The molecule has 0 N–H and O–H groups in total. The first-order chi connectivity index (χ1) is 7.85. The summed E-state index contributed by atoms with van der Waals surface area (Å²) < 4.78 is 0. The third-order valence-corrected chi connectivity index (χ3v) is 4.70. The highest BCUT2D eigenvalue weighted by Gasteiger charge is 2.15. The van der Waals surface area contributed by atoms with Gasteiger partial charge in [0.2, 0.25) is 0 Å². The van der Waals surface area contributed by atoms with Crippen LogP contribution in [-0.4, -0.2) is 16.3 Å². The molecule has 4 heteroatoms. The zero-order chi connectivity index (χ0) is 11.4. The number of hydrogen-bond donors (Lipinski definition) is 0. The van der Waals surface area contributed by atoms with Crippen molar-refractivity contribution in [3.63, 3.8) is 0 Å². The highest BCUT2D eigenvalue weighted by molar-refractivity contribution is 8.15. The molecule has 84 valence electrons. The molecule has 0 aliphatic heterocycles. The Morgan fingerprint density at radius 1 is 1.44 bits per heavy atom. The Morgan fingerprint density at radius 3 is 3.00 bits per heavy atom. The third-order valence-electron chi connectivity index (χ3n) is 2.70. The summed E-state index contributed by atoms with van der Waals surface area (Å²) >= 11 is 3.44. The maximum atomic E-state index is 9.11. The van der Waals surface area contributed by atoms with Crippen LogP contribution in [0.3, 0.4) is 0 Å². The molecule has 0 bridgehead atoms. The number of fused-ring (bicyclic) bond motifs is 1. The van der Waals surface area contributed by atoms with Crippen LogP contribution < -0.4 is 0 Å². The minimum Gasteiger partial charge on any atom is -0.245 e. The molecule has 0 atom stereocenters. The summed E-state index contributed by atoms with van der Waals surface area (Å²) in [5.74, 6) is 0. The van der Waals surface area contributed by atoms with E-state index in [4.69, 9.17) is 5.26 Å². The van der Waals surface area contributed by atoms with Crippen molar-refractivity contribution in [2.24, 2.45) is 0 Å². The predicted molar refractivity (Wildman–Crippen MR) is 69.8 cm³/mol. The number of aromatic nitrogens is 1. The van der Waals surface area contributed by atoms with Gasteiger partial charge in [-0.15, -0.1) is 0 Å². The zero-order valence-corrected chi connectivity index (χ0v) is 11.0. The Balaban J connectivity index is 2.32. The first-order valence-electron chi connectivity index (χ1n) is 5.40. The van der Waals surface area contributed by atoms with E-state index in [0.29, 0.717) is 0 Å². The van der Waals surface area contributed by atoms with Crippen LogP contribution in [0.4, 0.5) is 0 Å². The fourth-order valence-electron chi connectivity index (χ4n) is 1.92. The van der Waals surface area contributed by atoms with Gasteiger partial charge in [0.15, 0.2) is 0 Å². The molecule has 0 aromatic carbocycles. The molecule has 0 amide bonds. The van der Waals surface area contributed by atoms with Crippen molar-refractivity contribution in [3.8, 4) is 6.07 Å². The molecule has 0 fully saturated rings. The van der Waals surface area contributed by atoms with Crippen LogP contribution in [0.1, 0.15) is 29.7 Å². The largest absolute Gasteiger partial charge is 0.245 e. The summed E-state index contributed by atoms with van der Waals surface area (Å²) in [6.45, 7) is 0. The summed E-state index contributed by atoms with van der Waals surface area (Å²) in [6, 6.07) is 4.31. The van der Waals surface area contributed by atoms with Gasteiger partial charge in [-0.05, 0) is 43.6 Å². The van der Waals surface area contributed by atoms with E-state index >= 15 is 0 Å². The lowest BCUT2D eigenvalue weighted by atomic mass is 9.95. The summed E-state index contributed by atoms with van der Waals surface area (Å²) in [5, 5.41) is 11.0. The molecule has 1 heterocycles. The van der Waals surface area contributed by atoms with Gasteiger partial charge in [0.1, 0.15) is 11.1 Å². The molecule has 1 aromatic heterocycles. The van der Waals surface area contributed by atoms with E-state index in [-0.39, 0.29) is 0 Å². The third kappa shape index (κ3) is 2.53. The lowest BCUT2D eigenvalue weighted by Crippen LogP contribution is -2.07. The SMILES string of the molecule is CSCSc1nc2c(cc1C#N)CCCC2. The van der Waals surface area contributed by atoms with Crippen molar-refractivity contribution in [3.05, 3.63) is 22.9 Å². The molecule has 0 radical (unpaired) electrons. The summed E-state index contributed by atoms with van der Waals surface area (Å²) in [5.41, 5.74) is 3.25. The van der Waals surface area contributed by atoms with Gasteiger partial charge in [-0.3, -0.25) is 0 Å². The Labute approximate surface area is 105 Å². The Bertz CT molecular complexity index is 424. The summed E-state index contributed by atoms with van der Waals surface area (Å²) in [6.07, 6.45) is 6.70. The Hall–Kier alpha value is -0.660. The highest BCUT2D eigenvalue weighted by atomic mass is 32.2. The molecule has 1 aliphatic carbocycles. The standard InChI is InChI=1S/C12H14N2S2/c1-15-8-16-12-10(7-13)6-9-4-2-3-5-11(9)14-12/h6H,2-5,8H2,1H3. The van der Waals surface area contributed by atoms with E-state index < -0.39 is 0 Å². The van der Waals surface area contributed by atoms with Crippen molar-refractivity contribution >= 4 is 23.5 Å². The van der Waals surface area contributed by atoms with Crippen molar-refractivity contribution in [2.45, 2.75) is 30.7 Å². The van der Waals surface area contributed by atoms with Crippen molar-refractivity contribution in [1.29, 1.82) is 5.26 Å². The number of rotatable bonds is 3. The van der Waals surface area contributed by atoms with Crippen LogP contribution in [0.5, 0.6) is 0 Å². The molecule has 2 rings (SSSR count). The van der Waals surface area contributed by atoms with E-state index in [1.807, 2.05) is 6.07 Å². The van der Waals surface area contributed by atoms with Crippen LogP contribution >= 0.6 is 23.5 Å². The van der Waals surface area contributed by atoms with E-state index in [0.717, 1.165) is 28.5 Å². The topological polar surface area (TPSA) is 36.7 Å². The van der Waals surface area contributed by atoms with E-state index in [1.165, 1.54) is 24.1 Å². The van der Waals surface area contributed by atoms with Gasteiger partial charge in [-0.25, -0.2) is 4.98 Å². The number of pyridine rings is 1. The van der Waals surface area contributed by atoms with Crippen LogP contribution in [-0.2, 0) is 12.8 Å². The molecule has 16 heavy (non-hydrogen) atoms.